The smallest absolute Gasteiger partial charge is 0.246 e. The first-order chi connectivity index (χ1) is 15.2. The lowest BCUT2D eigenvalue weighted by Gasteiger charge is -2.31. The molecule has 172 valence electrons. The van der Waals surface area contributed by atoms with Crippen LogP contribution in [0.4, 0.5) is 11.4 Å². The molecule has 0 radical (unpaired) electrons. The molecule has 10 heteroatoms. The van der Waals surface area contributed by atoms with E-state index in [2.05, 4.69) is 10.6 Å². The SMILES string of the molecule is COc1ccc(OC)c(S(=O)(=O)N2CCC[C@H](C(=O)Nc3cccc(NC(C)=O)c3)C2)c1. The predicted octanol–water partition coefficient (Wildman–Crippen LogP) is 2.70. The summed E-state index contributed by atoms with van der Waals surface area (Å²) in [5.74, 6) is -0.390. The number of anilines is 2. The van der Waals surface area contributed by atoms with Crippen LogP contribution in [0, 0.1) is 5.92 Å². The lowest BCUT2D eigenvalue weighted by Crippen LogP contribution is -2.43. The average molecular weight is 462 g/mol. The Labute approximate surface area is 187 Å². The molecule has 3 rings (SSSR count). The molecule has 1 fully saturated rings. The van der Waals surface area contributed by atoms with Crippen LogP contribution in [-0.4, -0.2) is 51.8 Å². The highest BCUT2D eigenvalue weighted by atomic mass is 32.2. The number of carbonyl (C=O) groups excluding carboxylic acids is 2. The number of ether oxygens (including phenoxy) is 2. The van der Waals surface area contributed by atoms with Gasteiger partial charge in [-0.1, -0.05) is 6.07 Å². The summed E-state index contributed by atoms with van der Waals surface area (Å²) in [4.78, 5) is 24.1. The van der Waals surface area contributed by atoms with E-state index in [1.54, 1.807) is 36.4 Å². The topological polar surface area (TPSA) is 114 Å². The molecule has 2 amide bonds. The summed E-state index contributed by atoms with van der Waals surface area (Å²) in [6.07, 6.45) is 1.12. The third-order valence-corrected chi connectivity index (χ3v) is 7.08. The highest BCUT2D eigenvalue weighted by Crippen LogP contribution is 2.33. The van der Waals surface area contributed by atoms with E-state index in [9.17, 15) is 18.0 Å². The Morgan fingerprint density at radius 2 is 1.75 bits per heavy atom. The molecule has 1 heterocycles. The van der Waals surface area contributed by atoms with E-state index in [0.29, 0.717) is 36.5 Å². The van der Waals surface area contributed by atoms with Crippen molar-refractivity contribution in [1.82, 2.24) is 4.31 Å². The first-order valence-electron chi connectivity index (χ1n) is 10.2. The second kappa shape index (κ2) is 10.0. The van der Waals surface area contributed by atoms with Crippen LogP contribution in [0.5, 0.6) is 11.5 Å². The van der Waals surface area contributed by atoms with Gasteiger partial charge < -0.3 is 20.1 Å². The zero-order chi connectivity index (χ0) is 23.3. The highest BCUT2D eigenvalue weighted by Gasteiger charge is 2.35. The Morgan fingerprint density at radius 1 is 1.03 bits per heavy atom. The fourth-order valence-corrected chi connectivity index (χ4v) is 5.32. The van der Waals surface area contributed by atoms with Gasteiger partial charge in [0.15, 0.2) is 0 Å². The maximum absolute atomic E-state index is 13.3. The van der Waals surface area contributed by atoms with Gasteiger partial charge >= 0.3 is 0 Å². The zero-order valence-electron chi connectivity index (χ0n) is 18.3. The summed E-state index contributed by atoms with van der Waals surface area (Å²) < 4.78 is 38.4. The minimum atomic E-state index is -3.90. The number of hydrogen-bond donors (Lipinski definition) is 2. The Balaban J connectivity index is 1.76. The van der Waals surface area contributed by atoms with Gasteiger partial charge in [-0.3, -0.25) is 9.59 Å². The van der Waals surface area contributed by atoms with Crippen LogP contribution in [0.15, 0.2) is 47.4 Å². The number of sulfonamides is 1. The van der Waals surface area contributed by atoms with Gasteiger partial charge in [0.1, 0.15) is 16.4 Å². The number of hydrogen-bond acceptors (Lipinski definition) is 6. The summed E-state index contributed by atoms with van der Waals surface area (Å²) in [7, 11) is -1.03. The van der Waals surface area contributed by atoms with E-state index in [-0.39, 0.29) is 29.0 Å². The van der Waals surface area contributed by atoms with Crippen LogP contribution < -0.4 is 20.1 Å². The van der Waals surface area contributed by atoms with Crippen molar-refractivity contribution in [3.63, 3.8) is 0 Å². The van der Waals surface area contributed by atoms with Crippen molar-refractivity contribution in [3.8, 4) is 11.5 Å². The molecule has 0 aliphatic carbocycles. The molecule has 1 atom stereocenters. The predicted molar refractivity (Wildman–Crippen MR) is 120 cm³/mol. The lowest BCUT2D eigenvalue weighted by atomic mass is 9.98. The van der Waals surface area contributed by atoms with Gasteiger partial charge in [-0.2, -0.15) is 4.31 Å². The number of nitrogens with one attached hydrogen (secondary N) is 2. The van der Waals surface area contributed by atoms with Crippen LogP contribution in [0.2, 0.25) is 0 Å². The van der Waals surface area contributed by atoms with Crippen molar-refractivity contribution >= 4 is 33.2 Å². The number of rotatable bonds is 7. The quantitative estimate of drug-likeness (QED) is 0.655. The summed E-state index contributed by atoms with van der Waals surface area (Å²) in [5, 5.41) is 5.48. The van der Waals surface area contributed by atoms with E-state index < -0.39 is 15.9 Å². The van der Waals surface area contributed by atoms with Crippen molar-refractivity contribution in [3.05, 3.63) is 42.5 Å². The van der Waals surface area contributed by atoms with Crippen molar-refractivity contribution in [2.75, 3.05) is 37.9 Å². The van der Waals surface area contributed by atoms with E-state index in [1.165, 1.54) is 31.5 Å². The molecule has 2 aromatic rings. The molecule has 0 bridgehead atoms. The third-order valence-electron chi connectivity index (χ3n) is 5.19. The maximum Gasteiger partial charge on any atom is 0.246 e. The van der Waals surface area contributed by atoms with Crippen LogP contribution in [0.3, 0.4) is 0 Å². The average Bonchev–Trinajstić information content (AvgIpc) is 2.78. The third kappa shape index (κ3) is 5.38. The molecule has 0 spiro atoms. The molecular weight excluding hydrogens is 434 g/mol. The largest absolute Gasteiger partial charge is 0.497 e. The first-order valence-corrected chi connectivity index (χ1v) is 11.6. The summed E-state index contributed by atoms with van der Waals surface area (Å²) >= 11 is 0. The molecule has 2 N–H and O–H groups in total. The maximum atomic E-state index is 13.3. The minimum absolute atomic E-state index is 0.00316. The zero-order valence-corrected chi connectivity index (χ0v) is 19.1. The lowest BCUT2D eigenvalue weighted by molar-refractivity contribution is -0.121. The monoisotopic (exact) mass is 461 g/mol. The van der Waals surface area contributed by atoms with E-state index in [4.69, 9.17) is 9.47 Å². The number of carbonyl (C=O) groups is 2. The van der Waals surface area contributed by atoms with Crippen LogP contribution in [0.25, 0.3) is 0 Å². The van der Waals surface area contributed by atoms with Gasteiger partial charge in [-0.15, -0.1) is 0 Å². The van der Waals surface area contributed by atoms with E-state index in [0.717, 1.165) is 0 Å². The van der Waals surface area contributed by atoms with Gasteiger partial charge in [-0.05, 0) is 43.2 Å². The molecule has 32 heavy (non-hydrogen) atoms. The molecule has 0 saturated carbocycles. The van der Waals surface area contributed by atoms with Gasteiger partial charge in [0, 0.05) is 37.5 Å². The Morgan fingerprint density at radius 3 is 2.41 bits per heavy atom. The Hall–Kier alpha value is -3.11. The molecule has 9 nitrogen and oxygen atoms in total. The molecule has 0 aromatic heterocycles. The van der Waals surface area contributed by atoms with E-state index >= 15 is 0 Å². The molecule has 1 aliphatic heterocycles. The summed E-state index contributed by atoms with van der Waals surface area (Å²) in [6.45, 7) is 1.77. The van der Waals surface area contributed by atoms with Crippen LogP contribution in [-0.2, 0) is 19.6 Å². The summed E-state index contributed by atoms with van der Waals surface area (Å²) in [5.41, 5.74) is 1.09. The van der Waals surface area contributed by atoms with Gasteiger partial charge in [0.25, 0.3) is 0 Å². The van der Waals surface area contributed by atoms with Crippen molar-refractivity contribution < 1.29 is 27.5 Å². The second-order valence-electron chi connectivity index (χ2n) is 7.47. The van der Waals surface area contributed by atoms with Gasteiger partial charge in [0.2, 0.25) is 21.8 Å². The molecule has 1 saturated heterocycles. The van der Waals surface area contributed by atoms with Gasteiger partial charge in [-0.25, -0.2) is 8.42 Å². The number of piperidine rings is 1. The van der Waals surface area contributed by atoms with Crippen molar-refractivity contribution in [1.29, 1.82) is 0 Å². The molecule has 2 aromatic carbocycles. The molecular formula is C22H27N3O6S. The first kappa shape index (κ1) is 23.6. The second-order valence-corrected chi connectivity index (χ2v) is 9.38. The normalized spacial score (nSPS) is 16.8. The number of amides is 2. The Bertz CT molecular complexity index is 1100. The number of nitrogens with zero attached hydrogens (tertiary/aromatic N) is 1. The fraction of sp³-hybridized carbons (Fsp3) is 0.364. The summed E-state index contributed by atoms with van der Waals surface area (Å²) in [6, 6.07) is 11.4. The van der Waals surface area contributed by atoms with Crippen molar-refractivity contribution in [2.45, 2.75) is 24.7 Å². The van der Waals surface area contributed by atoms with Gasteiger partial charge in [0.05, 0.1) is 20.1 Å². The molecule has 1 aliphatic rings. The standard InChI is InChI=1S/C22H27N3O6S/c1-15(26)23-17-7-4-8-18(12-17)24-22(27)16-6-5-11-25(14-16)32(28,29)21-13-19(30-2)9-10-20(21)31-3/h4,7-10,12-13,16H,5-6,11,14H2,1-3H3,(H,23,26)(H,24,27)/t16-/m0/s1. The fourth-order valence-electron chi connectivity index (χ4n) is 3.62. The number of methoxy groups -OCH3 is 2. The Kier molecular flexibility index (Phi) is 7.37. The minimum Gasteiger partial charge on any atom is -0.497 e. The van der Waals surface area contributed by atoms with Crippen LogP contribution >= 0.6 is 0 Å². The van der Waals surface area contributed by atoms with Crippen molar-refractivity contribution in [2.24, 2.45) is 5.92 Å². The van der Waals surface area contributed by atoms with Crippen LogP contribution in [0.1, 0.15) is 19.8 Å². The number of benzene rings is 2. The van der Waals surface area contributed by atoms with E-state index in [1.807, 2.05) is 0 Å². The highest BCUT2D eigenvalue weighted by molar-refractivity contribution is 7.89. The molecule has 0 unspecified atom stereocenters.